The summed E-state index contributed by atoms with van der Waals surface area (Å²) in [6.45, 7) is 9.14. The zero-order valence-corrected chi connectivity index (χ0v) is 16.4. The van der Waals surface area contributed by atoms with Gasteiger partial charge in [-0.2, -0.15) is 0 Å². The van der Waals surface area contributed by atoms with Crippen molar-refractivity contribution in [2.24, 2.45) is 10.7 Å². The second kappa shape index (κ2) is 5.81. The number of sulfone groups is 1. The molecule has 0 bridgehead atoms. The fourth-order valence-electron chi connectivity index (χ4n) is 3.67. The molecule has 0 amide bonds. The van der Waals surface area contributed by atoms with Crippen LogP contribution in [0.2, 0.25) is 0 Å². The van der Waals surface area contributed by atoms with Crippen LogP contribution in [0.1, 0.15) is 18.2 Å². The molecule has 9 heteroatoms. The summed E-state index contributed by atoms with van der Waals surface area (Å²) in [5.41, 5.74) is 7.87. The Labute approximate surface area is 160 Å². The van der Waals surface area contributed by atoms with E-state index in [1.807, 2.05) is 24.4 Å². The zero-order chi connectivity index (χ0) is 18.6. The molecule has 0 aliphatic carbocycles. The van der Waals surface area contributed by atoms with Gasteiger partial charge < -0.3 is 5.73 Å². The molecule has 4 rings (SSSR count). The maximum Gasteiger partial charge on any atom is 0.205 e. The Morgan fingerprint density at radius 1 is 1.27 bits per heavy atom. The average molecular weight is 405 g/mol. The van der Waals surface area contributed by atoms with Crippen LogP contribution >= 0.6 is 23.1 Å². The van der Waals surface area contributed by atoms with Crippen LogP contribution in [0.25, 0.3) is 16.0 Å². The van der Waals surface area contributed by atoms with E-state index in [0.29, 0.717) is 17.3 Å². The van der Waals surface area contributed by atoms with Gasteiger partial charge in [-0.3, -0.25) is 9.98 Å². The van der Waals surface area contributed by atoms with Gasteiger partial charge in [0.1, 0.15) is 0 Å². The Hall–Kier alpha value is -1.89. The molecule has 6 nitrogen and oxygen atoms in total. The molecule has 0 radical (unpaired) electrons. The lowest BCUT2D eigenvalue weighted by Crippen LogP contribution is -2.57. The topological polar surface area (TPSA) is 89.8 Å². The van der Waals surface area contributed by atoms with E-state index in [2.05, 4.69) is 14.8 Å². The third-order valence-corrected chi connectivity index (χ3v) is 9.33. The summed E-state index contributed by atoms with van der Waals surface area (Å²) in [5, 5.41) is 2.46. The second-order valence-corrected chi connectivity index (χ2v) is 11.4. The van der Waals surface area contributed by atoms with E-state index in [1.54, 1.807) is 17.5 Å². The summed E-state index contributed by atoms with van der Waals surface area (Å²) in [6, 6.07) is 3.85. The van der Waals surface area contributed by atoms with Gasteiger partial charge in [-0.1, -0.05) is 11.8 Å². The fourth-order valence-corrected chi connectivity index (χ4v) is 9.01. The Morgan fingerprint density at radius 3 is 2.73 bits per heavy atom. The molecule has 1 spiro atoms. The molecule has 2 aliphatic heterocycles. The lowest BCUT2D eigenvalue weighted by Gasteiger charge is -2.47. The highest BCUT2D eigenvalue weighted by molar-refractivity contribution is 8.17. The molecule has 26 heavy (non-hydrogen) atoms. The Kier molecular flexibility index (Phi) is 3.91. The van der Waals surface area contributed by atoms with E-state index in [9.17, 15) is 8.42 Å². The number of aromatic nitrogens is 1. The molecule has 2 aromatic rings. The van der Waals surface area contributed by atoms with Gasteiger partial charge in [0.25, 0.3) is 0 Å². The van der Waals surface area contributed by atoms with Crippen molar-refractivity contribution in [1.82, 2.24) is 4.98 Å². The number of hydrogen-bond acceptors (Lipinski definition) is 7. The molecular weight excluding hydrogens is 388 g/mol. The quantitative estimate of drug-likeness (QED) is 0.777. The van der Waals surface area contributed by atoms with Crippen LogP contribution in [0.4, 0.5) is 5.69 Å². The summed E-state index contributed by atoms with van der Waals surface area (Å²) >= 11 is 2.97. The highest BCUT2D eigenvalue weighted by Gasteiger charge is 2.55. The third-order valence-electron chi connectivity index (χ3n) is 4.63. The Bertz CT molecular complexity index is 1060. The van der Waals surface area contributed by atoms with Crippen LogP contribution in [-0.4, -0.2) is 34.8 Å². The van der Waals surface area contributed by atoms with Crippen molar-refractivity contribution in [2.75, 3.05) is 11.5 Å². The minimum absolute atomic E-state index is 0.158. The number of pyridine rings is 1. The van der Waals surface area contributed by atoms with Gasteiger partial charge in [-0.15, -0.1) is 11.3 Å². The van der Waals surface area contributed by atoms with Gasteiger partial charge in [0.05, 0.1) is 28.4 Å². The molecule has 0 aromatic carbocycles. The minimum Gasteiger partial charge on any atom is -0.378 e. The number of thiophene rings is 1. The molecule has 1 unspecified atom stereocenters. The van der Waals surface area contributed by atoms with E-state index in [-0.39, 0.29) is 16.3 Å². The van der Waals surface area contributed by atoms with E-state index >= 15 is 0 Å². The first-order chi connectivity index (χ1) is 12.2. The van der Waals surface area contributed by atoms with Crippen molar-refractivity contribution < 1.29 is 8.42 Å². The van der Waals surface area contributed by atoms with Crippen LogP contribution in [0.3, 0.4) is 0 Å². The summed E-state index contributed by atoms with van der Waals surface area (Å²) in [5.74, 6) is 0.317. The van der Waals surface area contributed by atoms with Crippen LogP contribution in [-0.2, 0) is 15.4 Å². The molecule has 1 saturated heterocycles. The van der Waals surface area contributed by atoms with Gasteiger partial charge >= 0.3 is 0 Å². The standard InChI is InChI=1S/C17H16N4O2S3/c1-16(8-17(25-15(18)21-16)9-26(22,23)10-17)14-4-12(7-24-14)11-3-13(19-2)6-20-5-11/h3-7H,8-10H2,1H3,(H2,18,21). The summed E-state index contributed by atoms with van der Waals surface area (Å²) in [6.07, 6.45) is 3.91. The van der Waals surface area contributed by atoms with Crippen molar-refractivity contribution in [3.63, 3.8) is 0 Å². The first kappa shape index (κ1) is 17.5. The summed E-state index contributed by atoms with van der Waals surface area (Å²) < 4.78 is 23.1. The minimum atomic E-state index is -2.96. The normalized spacial score (nSPS) is 25.9. The van der Waals surface area contributed by atoms with Gasteiger partial charge in [-0.05, 0) is 42.0 Å². The number of aliphatic imine (C=N–C) groups is 1. The molecule has 4 heterocycles. The van der Waals surface area contributed by atoms with Crippen molar-refractivity contribution >= 4 is 43.8 Å². The van der Waals surface area contributed by atoms with Crippen molar-refractivity contribution in [1.29, 1.82) is 0 Å². The second-order valence-electron chi connectivity index (χ2n) is 6.96. The molecule has 0 saturated carbocycles. The molecule has 134 valence electrons. The van der Waals surface area contributed by atoms with E-state index in [4.69, 9.17) is 12.3 Å². The number of rotatable bonds is 2. The SMILES string of the molecule is [C-]#[N+]c1cncc(-c2csc(C3(C)CC4(CS(=O)(=O)C4)SC(N)=N3)c2)c1. The summed E-state index contributed by atoms with van der Waals surface area (Å²) in [4.78, 5) is 13.2. The lowest BCUT2D eigenvalue weighted by molar-refractivity contribution is 0.394. The van der Waals surface area contributed by atoms with Gasteiger partial charge in [0.2, 0.25) is 5.69 Å². The van der Waals surface area contributed by atoms with Crippen molar-refractivity contribution in [2.45, 2.75) is 23.6 Å². The number of hydrogen-bond donors (Lipinski definition) is 1. The number of nitrogens with zero attached hydrogens (tertiary/aromatic N) is 3. The average Bonchev–Trinajstić information content (AvgIpc) is 3.03. The van der Waals surface area contributed by atoms with Crippen LogP contribution in [0.5, 0.6) is 0 Å². The third kappa shape index (κ3) is 3.02. The fraction of sp³-hybridized carbons (Fsp3) is 0.353. The van der Waals surface area contributed by atoms with Crippen molar-refractivity contribution in [3.8, 4) is 11.1 Å². The van der Waals surface area contributed by atoms with Crippen LogP contribution < -0.4 is 5.73 Å². The predicted molar refractivity (Wildman–Crippen MR) is 106 cm³/mol. The zero-order valence-electron chi connectivity index (χ0n) is 14.0. The van der Waals surface area contributed by atoms with Gasteiger partial charge in [0.15, 0.2) is 15.0 Å². The highest BCUT2D eigenvalue weighted by Crippen LogP contribution is 2.52. The Morgan fingerprint density at radius 2 is 2.04 bits per heavy atom. The van der Waals surface area contributed by atoms with E-state index in [1.165, 1.54) is 18.0 Å². The van der Waals surface area contributed by atoms with Gasteiger partial charge in [0, 0.05) is 17.3 Å². The molecule has 2 N–H and O–H groups in total. The molecule has 1 atom stereocenters. The van der Waals surface area contributed by atoms with Crippen LogP contribution in [0, 0.1) is 6.57 Å². The van der Waals surface area contributed by atoms with E-state index < -0.39 is 15.4 Å². The highest BCUT2D eigenvalue weighted by atomic mass is 32.2. The lowest BCUT2D eigenvalue weighted by atomic mass is 9.88. The first-order valence-electron chi connectivity index (χ1n) is 7.89. The molecule has 1 fully saturated rings. The molecular formula is C17H16N4O2S3. The first-order valence-corrected chi connectivity index (χ1v) is 11.4. The predicted octanol–water partition coefficient (Wildman–Crippen LogP) is 3.19. The van der Waals surface area contributed by atoms with Gasteiger partial charge in [-0.25, -0.2) is 13.3 Å². The maximum atomic E-state index is 11.7. The molecule has 2 aromatic heterocycles. The largest absolute Gasteiger partial charge is 0.378 e. The number of thioether (sulfide) groups is 1. The molecule has 2 aliphatic rings. The summed E-state index contributed by atoms with van der Waals surface area (Å²) in [7, 11) is -2.96. The number of amidine groups is 1. The van der Waals surface area contributed by atoms with Crippen molar-refractivity contribution in [3.05, 3.63) is 46.2 Å². The van der Waals surface area contributed by atoms with Crippen LogP contribution in [0.15, 0.2) is 34.9 Å². The Balaban J connectivity index is 1.68. The maximum absolute atomic E-state index is 11.7. The monoisotopic (exact) mass is 404 g/mol. The smallest absolute Gasteiger partial charge is 0.205 e. The number of nitrogens with two attached hydrogens (primary N) is 1. The van der Waals surface area contributed by atoms with E-state index in [0.717, 1.165) is 16.0 Å².